The Hall–Kier alpha value is -4.24. The molecule has 0 spiro atoms. The Morgan fingerprint density at radius 1 is 1.16 bits per heavy atom. The maximum Gasteiger partial charge on any atom is 0.407 e. The molecule has 9 heteroatoms. The Kier molecular flexibility index (Phi) is 9.34. The Morgan fingerprint density at radius 3 is 2.59 bits per heavy atom. The van der Waals surface area contributed by atoms with E-state index in [0.717, 1.165) is 65.9 Å². The zero-order valence-electron chi connectivity index (χ0n) is 25.5. The Morgan fingerprint density at radius 2 is 1.93 bits per heavy atom. The maximum atomic E-state index is 14.4. The van der Waals surface area contributed by atoms with Crippen LogP contribution in [-0.4, -0.2) is 33.8 Å². The SMILES string of the molecule is CC/C=C/c1c(OC(NC(=O)O)C(c2cc(F)cc(F)c2)C(C)(C)C)cccc1-c1ccc2c(cnn2C2CCCCO2)c1. The monoisotopic (exact) mass is 603 g/mol. The minimum absolute atomic E-state index is 0.0760. The highest BCUT2D eigenvalue weighted by Crippen LogP contribution is 2.41. The van der Waals surface area contributed by atoms with E-state index in [1.807, 2.05) is 75.0 Å². The fourth-order valence-electron chi connectivity index (χ4n) is 6.00. The van der Waals surface area contributed by atoms with Crippen LogP contribution in [0.1, 0.15) is 76.7 Å². The van der Waals surface area contributed by atoms with Crippen LogP contribution in [0.4, 0.5) is 13.6 Å². The molecular formula is C35H39F2N3O4. The molecule has 5 rings (SSSR count). The lowest BCUT2D eigenvalue weighted by molar-refractivity contribution is -0.0366. The van der Waals surface area contributed by atoms with E-state index < -0.39 is 35.3 Å². The lowest BCUT2D eigenvalue weighted by atomic mass is 9.75. The molecule has 0 aliphatic carbocycles. The summed E-state index contributed by atoms with van der Waals surface area (Å²) in [6, 6.07) is 15.0. The van der Waals surface area contributed by atoms with Crippen LogP contribution in [0.15, 0.2) is 66.9 Å². The Labute approximate surface area is 256 Å². The second-order valence-electron chi connectivity index (χ2n) is 12.2. The van der Waals surface area contributed by atoms with Gasteiger partial charge in [0, 0.05) is 29.5 Å². The van der Waals surface area contributed by atoms with Crippen molar-refractivity contribution in [3.05, 3.63) is 89.6 Å². The van der Waals surface area contributed by atoms with Gasteiger partial charge in [-0.3, -0.25) is 5.32 Å². The largest absolute Gasteiger partial charge is 0.469 e. The van der Waals surface area contributed by atoms with Gasteiger partial charge in [0.25, 0.3) is 0 Å². The molecule has 1 fully saturated rings. The van der Waals surface area contributed by atoms with E-state index in [-0.39, 0.29) is 6.23 Å². The zero-order chi connectivity index (χ0) is 31.4. The molecule has 3 unspecified atom stereocenters. The second-order valence-corrected chi connectivity index (χ2v) is 12.2. The summed E-state index contributed by atoms with van der Waals surface area (Å²) in [5, 5.41) is 17.9. The molecule has 44 heavy (non-hydrogen) atoms. The van der Waals surface area contributed by atoms with Crippen LogP contribution >= 0.6 is 0 Å². The van der Waals surface area contributed by atoms with Crippen LogP contribution in [-0.2, 0) is 4.74 Å². The van der Waals surface area contributed by atoms with Crippen molar-refractivity contribution in [3.63, 3.8) is 0 Å². The van der Waals surface area contributed by atoms with Crippen molar-refractivity contribution in [1.82, 2.24) is 15.1 Å². The molecule has 3 atom stereocenters. The number of fused-ring (bicyclic) bond motifs is 1. The molecular weight excluding hydrogens is 564 g/mol. The molecule has 4 aromatic rings. The molecule has 0 bridgehead atoms. The van der Waals surface area contributed by atoms with E-state index in [0.29, 0.717) is 11.3 Å². The highest BCUT2D eigenvalue weighted by atomic mass is 19.1. The molecule has 1 aromatic heterocycles. The van der Waals surface area contributed by atoms with Crippen LogP contribution in [0.5, 0.6) is 5.75 Å². The van der Waals surface area contributed by atoms with Crippen LogP contribution < -0.4 is 10.1 Å². The number of nitrogens with zero attached hydrogens (tertiary/aromatic N) is 2. The number of ether oxygens (including phenoxy) is 2. The van der Waals surface area contributed by atoms with Crippen molar-refractivity contribution in [2.45, 2.75) is 71.8 Å². The number of hydrogen-bond donors (Lipinski definition) is 2. The number of carbonyl (C=O) groups is 1. The molecule has 7 nitrogen and oxygen atoms in total. The summed E-state index contributed by atoms with van der Waals surface area (Å²) >= 11 is 0. The molecule has 1 aliphatic heterocycles. The third-order valence-electron chi connectivity index (χ3n) is 7.92. The van der Waals surface area contributed by atoms with E-state index in [9.17, 15) is 18.7 Å². The van der Waals surface area contributed by atoms with Crippen LogP contribution in [0.2, 0.25) is 0 Å². The molecule has 1 amide bonds. The number of allylic oxidation sites excluding steroid dienone is 1. The predicted octanol–water partition coefficient (Wildman–Crippen LogP) is 8.91. The summed E-state index contributed by atoms with van der Waals surface area (Å²) in [6.45, 7) is 8.38. The number of aromatic nitrogens is 2. The van der Waals surface area contributed by atoms with E-state index in [2.05, 4.69) is 16.5 Å². The van der Waals surface area contributed by atoms with Gasteiger partial charge in [-0.1, -0.05) is 58.0 Å². The van der Waals surface area contributed by atoms with Crippen molar-refractivity contribution >= 4 is 23.1 Å². The number of carboxylic acid groups (broad SMARTS) is 1. The van der Waals surface area contributed by atoms with Crippen molar-refractivity contribution in [3.8, 4) is 16.9 Å². The first-order chi connectivity index (χ1) is 21.0. The number of rotatable bonds is 9. The summed E-state index contributed by atoms with van der Waals surface area (Å²) in [7, 11) is 0. The quantitative estimate of drug-likeness (QED) is 0.187. The highest BCUT2D eigenvalue weighted by molar-refractivity contribution is 5.88. The van der Waals surface area contributed by atoms with E-state index >= 15 is 0 Å². The summed E-state index contributed by atoms with van der Waals surface area (Å²) < 4.78 is 43.1. The molecule has 2 N–H and O–H groups in total. The fourth-order valence-corrected chi connectivity index (χ4v) is 6.00. The first-order valence-corrected chi connectivity index (χ1v) is 15.1. The van der Waals surface area contributed by atoms with Gasteiger partial charge in [-0.15, -0.1) is 0 Å². The van der Waals surface area contributed by atoms with E-state index in [1.165, 1.54) is 12.1 Å². The number of hydrogen-bond acceptors (Lipinski definition) is 4. The van der Waals surface area contributed by atoms with Crippen molar-refractivity contribution in [2.75, 3.05) is 6.61 Å². The van der Waals surface area contributed by atoms with E-state index in [4.69, 9.17) is 9.47 Å². The first-order valence-electron chi connectivity index (χ1n) is 15.1. The predicted molar refractivity (Wildman–Crippen MR) is 167 cm³/mol. The van der Waals surface area contributed by atoms with Crippen LogP contribution in [0.25, 0.3) is 28.1 Å². The molecule has 0 radical (unpaired) electrons. The van der Waals surface area contributed by atoms with Gasteiger partial charge in [0.05, 0.1) is 11.7 Å². The molecule has 3 aromatic carbocycles. The molecule has 232 valence electrons. The van der Waals surface area contributed by atoms with Crippen molar-refractivity contribution < 1.29 is 28.2 Å². The Bertz CT molecular complexity index is 1630. The Balaban J connectivity index is 1.57. The fraction of sp³-hybridized carbons (Fsp3) is 0.371. The minimum atomic E-state index is -1.31. The highest BCUT2D eigenvalue weighted by Gasteiger charge is 2.37. The molecule has 2 heterocycles. The topological polar surface area (TPSA) is 85.6 Å². The van der Waals surface area contributed by atoms with Gasteiger partial charge in [-0.2, -0.15) is 5.10 Å². The number of nitrogens with one attached hydrogen (secondary N) is 1. The van der Waals surface area contributed by atoms with Crippen LogP contribution in [0.3, 0.4) is 0 Å². The van der Waals surface area contributed by atoms with Gasteiger partial charge in [0.15, 0.2) is 12.5 Å². The van der Waals surface area contributed by atoms with Crippen molar-refractivity contribution in [2.24, 2.45) is 5.41 Å². The van der Waals surface area contributed by atoms with Gasteiger partial charge in [0.2, 0.25) is 0 Å². The summed E-state index contributed by atoms with van der Waals surface area (Å²) in [6.07, 6.45) is 7.12. The van der Waals surface area contributed by atoms with E-state index in [1.54, 1.807) is 6.07 Å². The summed E-state index contributed by atoms with van der Waals surface area (Å²) in [5.41, 5.74) is 3.21. The lowest BCUT2D eigenvalue weighted by Crippen LogP contribution is -2.47. The average Bonchev–Trinajstić information content (AvgIpc) is 3.39. The smallest absolute Gasteiger partial charge is 0.407 e. The van der Waals surface area contributed by atoms with Gasteiger partial charge in [0.1, 0.15) is 17.4 Å². The van der Waals surface area contributed by atoms with Gasteiger partial charge in [-0.05, 0) is 78.1 Å². The third kappa shape index (κ3) is 6.94. The number of benzene rings is 3. The third-order valence-corrected chi connectivity index (χ3v) is 7.92. The molecule has 1 saturated heterocycles. The molecule has 0 saturated carbocycles. The summed E-state index contributed by atoms with van der Waals surface area (Å²) in [5.74, 6) is -1.79. The van der Waals surface area contributed by atoms with Gasteiger partial charge in [-0.25, -0.2) is 18.3 Å². The maximum absolute atomic E-state index is 14.4. The normalized spacial score (nSPS) is 17.1. The zero-order valence-corrected chi connectivity index (χ0v) is 25.5. The lowest BCUT2D eigenvalue weighted by Gasteiger charge is -2.37. The van der Waals surface area contributed by atoms with Crippen molar-refractivity contribution in [1.29, 1.82) is 0 Å². The molecule has 1 aliphatic rings. The standard InChI is InChI=1S/C35H39F2N3O4/c1-5-6-10-28-27(22-14-15-29-24(17-22)21-38-40(29)31-13-7-8-16-43-31)11-9-12-30(28)44-33(39-34(41)42)32(35(2,3)4)23-18-25(36)20-26(37)19-23/h6,9-12,14-15,17-21,31-33,39H,5,7-8,13,16H2,1-4H3,(H,41,42)/b10-6+. The minimum Gasteiger partial charge on any atom is -0.469 e. The average molecular weight is 604 g/mol. The second kappa shape index (κ2) is 13.2. The first kappa shape index (κ1) is 31.2. The van der Waals surface area contributed by atoms with Gasteiger partial charge >= 0.3 is 6.09 Å². The number of halogens is 2. The van der Waals surface area contributed by atoms with Gasteiger partial charge < -0.3 is 14.6 Å². The summed E-state index contributed by atoms with van der Waals surface area (Å²) in [4.78, 5) is 12.0. The number of amides is 1. The van der Waals surface area contributed by atoms with Crippen LogP contribution in [0, 0.1) is 17.0 Å².